The Bertz CT molecular complexity index is 492. The number of rotatable bonds is 2. The van der Waals surface area contributed by atoms with E-state index in [2.05, 4.69) is 4.98 Å². The van der Waals surface area contributed by atoms with Crippen molar-refractivity contribution in [1.82, 2.24) is 4.98 Å². The smallest absolute Gasteiger partial charge is 0.133 e. The second-order valence-corrected chi connectivity index (χ2v) is 3.58. The van der Waals surface area contributed by atoms with Crippen LogP contribution < -0.4 is 4.74 Å². The number of ether oxygens (including phenoxy) is 1. The predicted molar refractivity (Wildman–Crippen MR) is 62.6 cm³/mol. The largest absolute Gasteiger partial charge is 0.506 e. The van der Waals surface area contributed by atoms with Gasteiger partial charge in [-0.15, -0.1) is 0 Å². The van der Waals surface area contributed by atoms with Crippen LogP contribution in [0.1, 0.15) is 5.56 Å². The third-order valence-corrected chi connectivity index (χ3v) is 2.46. The van der Waals surface area contributed by atoms with Gasteiger partial charge in [0.05, 0.1) is 19.0 Å². The second-order valence-electron chi connectivity index (χ2n) is 3.58. The summed E-state index contributed by atoms with van der Waals surface area (Å²) in [6.07, 6.45) is 1.44. The van der Waals surface area contributed by atoms with Crippen molar-refractivity contribution in [2.45, 2.75) is 6.92 Å². The van der Waals surface area contributed by atoms with Gasteiger partial charge in [0.25, 0.3) is 0 Å². The molecule has 1 aromatic heterocycles. The minimum atomic E-state index is 0.176. The first-order valence-electron chi connectivity index (χ1n) is 5.01. The summed E-state index contributed by atoms with van der Waals surface area (Å²) in [5.41, 5.74) is 2.98. The van der Waals surface area contributed by atoms with Gasteiger partial charge in [0, 0.05) is 5.56 Å². The Balaban J connectivity index is 2.44. The molecule has 16 heavy (non-hydrogen) atoms. The first-order valence-corrected chi connectivity index (χ1v) is 5.01. The van der Waals surface area contributed by atoms with Gasteiger partial charge in [0.15, 0.2) is 0 Å². The molecule has 0 saturated heterocycles. The highest BCUT2D eigenvalue weighted by Crippen LogP contribution is 2.25. The van der Waals surface area contributed by atoms with Crippen LogP contribution in [0.4, 0.5) is 0 Å². The van der Waals surface area contributed by atoms with Crippen LogP contribution in [0.15, 0.2) is 36.5 Å². The predicted octanol–water partition coefficient (Wildman–Crippen LogP) is 2.77. The molecule has 1 aromatic carbocycles. The standard InChI is InChI=1S/C13H13NO2/c1-9-7-11(16-2)4-5-12(9)13-6-3-10(15)8-14-13/h3-8,15H,1-2H3. The van der Waals surface area contributed by atoms with Gasteiger partial charge in [-0.05, 0) is 42.8 Å². The Morgan fingerprint density at radius 1 is 1.19 bits per heavy atom. The Hall–Kier alpha value is -2.03. The van der Waals surface area contributed by atoms with Crippen LogP contribution in [0.5, 0.6) is 11.5 Å². The zero-order chi connectivity index (χ0) is 11.5. The van der Waals surface area contributed by atoms with E-state index < -0.39 is 0 Å². The van der Waals surface area contributed by atoms with E-state index >= 15 is 0 Å². The summed E-state index contributed by atoms with van der Waals surface area (Å²) in [6, 6.07) is 9.25. The van der Waals surface area contributed by atoms with Crippen LogP contribution in [-0.4, -0.2) is 17.2 Å². The van der Waals surface area contributed by atoms with Crippen molar-refractivity contribution < 1.29 is 9.84 Å². The van der Waals surface area contributed by atoms with E-state index in [1.54, 1.807) is 19.2 Å². The molecular formula is C13H13NO2. The average Bonchev–Trinajstić information content (AvgIpc) is 2.30. The van der Waals surface area contributed by atoms with E-state index in [1.165, 1.54) is 6.20 Å². The van der Waals surface area contributed by atoms with Gasteiger partial charge < -0.3 is 9.84 Å². The van der Waals surface area contributed by atoms with E-state index in [9.17, 15) is 5.11 Å². The topological polar surface area (TPSA) is 42.4 Å². The van der Waals surface area contributed by atoms with Gasteiger partial charge in [-0.25, -0.2) is 0 Å². The lowest BCUT2D eigenvalue weighted by atomic mass is 10.0. The van der Waals surface area contributed by atoms with Crippen LogP contribution >= 0.6 is 0 Å². The van der Waals surface area contributed by atoms with Gasteiger partial charge in [-0.1, -0.05) is 0 Å². The summed E-state index contributed by atoms with van der Waals surface area (Å²) < 4.78 is 5.14. The lowest BCUT2D eigenvalue weighted by molar-refractivity contribution is 0.414. The summed E-state index contributed by atoms with van der Waals surface area (Å²) in [5.74, 6) is 1.01. The van der Waals surface area contributed by atoms with Gasteiger partial charge >= 0.3 is 0 Å². The Kier molecular flexibility index (Phi) is 2.77. The number of hydrogen-bond donors (Lipinski definition) is 1. The van der Waals surface area contributed by atoms with Gasteiger partial charge in [0.2, 0.25) is 0 Å². The average molecular weight is 215 g/mol. The van der Waals surface area contributed by atoms with Crippen molar-refractivity contribution in [3.05, 3.63) is 42.1 Å². The fourth-order valence-electron chi connectivity index (χ4n) is 1.60. The number of pyridine rings is 1. The van der Waals surface area contributed by atoms with E-state index in [1.807, 2.05) is 25.1 Å². The van der Waals surface area contributed by atoms with E-state index in [-0.39, 0.29) is 5.75 Å². The summed E-state index contributed by atoms with van der Waals surface area (Å²) in [7, 11) is 1.65. The number of aryl methyl sites for hydroxylation is 1. The summed E-state index contributed by atoms with van der Waals surface area (Å²) in [4.78, 5) is 4.17. The van der Waals surface area contributed by atoms with Crippen LogP contribution in [-0.2, 0) is 0 Å². The van der Waals surface area contributed by atoms with Crippen molar-refractivity contribution in [1.29, 1.82) is 0 Å². The van der Waals surface area contributed by atoms with Crippen LogP contribution in [0.3, 0.4) is 0 Å². The van der Waals surface area contributed by atoms with Crippen molar-refractivity contribution >= 4 is 0 Å². The molecule has 0 aliphatic rings. The molecule has 0 bridgehead atoms. The number of nitrogens with zero attached hydrogens (tertiary/aromatic N) is 1. The third kappa shape index (κ3) is 1.98. The Morgan fingerprint density at radius 2 is 2.00 bits per heavy atom. The fraction of sp³-hybridized carbons (Fsp3) is 0.154. The maximum atomic E-state index is 9.17. The zero-order valence-corrected chi connectivity index (χ0v) is 9.27. The summed E-state index contributed by atoms with van der Waals surface area (Å²) in [5, 5.41) is 9.17. The van der Waals surface area contributed by atoms with Crippen molar-refractivity contribution in [3.8, 4) is 22.8 Å². The molecule has 1 heterocycles. The van der Waals surface area contributed by atoms with Gasteiger partial charge in [-0.2, -0.15) is 0 Å². The van der Waals surface area contributed by atoms with Crippen LogP contribution in [0.25, 0.3) is 11.3 Å². The highest BCUT2D eigenvalue weighted by molar-refractivity contribution is 5.64. The van der Waals surface area contributed by atoms with Crippen molar-refractivity contribution in [3.63, 3.8) is 0 Å². The lowest BCUT2D eigenvalue weighted by Crippen LogP contribution is -1.89. The molecule has 0 aliphatic heterocycles. The Labute approximate surface area is 94.3 Å². The summed E-state index contributed by atoms with van der Waals surface area (Å²) >= 11 is 0. The Morgan fingerprint density at radius 3 is 2.56 bits per heavy atom. The maximum absolute atomic E-state index is 9.17. The molecule has 2 aromatic rings. The van der Waals surface area contributed by atoms with Gasteiger partial charge in [0.1, 0.15) is 11.5 Å². The molecule has 0 unspecified atom stereocenters. The normalized spacial score (nSPS) is 10.1. The minimum Gasteiger partial charge on any atom is -0.506 e. The highest BCUT2D eigenvalue weighted by atomic mass is 16.5. The number of hydrogen-bond acceptors (Lipinski definition) is 3. The number of benzene rings is 1. The monoisotopic (exact) mass is 215 g/mol. The first-order chi connectivity index (χ1) is 7.70. The van der Waals surface area contributed by atoms with E-state index in [0.717, 1.165) is 22.6 Å². The highest BCUT2D eigenvalue weighted by Gasteiger charge is 2.04. The molecule has 0 fully saturated rings. The molecule has 1 N–H and O–H groups in total. The van der Waals surface area contributed by atoms with Crippen molar-refractivity contribution in [2.24, 2.45) is 0 Å². The minimum absolute atomic E-state index is 0.176. The van der Waals surface area contributed by atoms with E-state index in [0.29, 0.717) is 0 Å². The van der Waals surface area contributed by atoms with E-state index in [4.69, 9.17) is 4.74 Å². The van der Waals surface area contributed by atoms with Crippen LogP contribution in [0.2, 0.25) is 0 Å². The number of aromatic nitrogens is 1. The molecule has 3 heteroatoms. The molecule has 0 aliphatic carbocycles. The molecule has 0 spiro atoms. The second kappa shape index (κ2) is 4.23. The third-order valence-electron chi connectivity index (χ3n) is 2.46. The molecule has 0 saturated carbocycles. The zero-order valence-electron chi connectivity index (χ0n) is 9.27. The molecular weight excluding hydrogens is 202 g/mol. The molecule has 3 nitrogen and oxygen atoms in total. The van der Waals surface area contributed by atoms with Crippen molar-refractivity contribution in [2.75, 3.05) is 7.11 Å². The number of aromatic hydroxyl groups is 1. The SMILES string of the molecule is COc1ccc(-c2ccc(O)cn2)c(C)c1. The number of methoxy groups -OCH3 is 1. The quantitative estimate of drug-likeness (QED) is 0.837. The summed E-state index contributed by atoms with van der Waals surface area (Å²) in [6.45, 7) is 2.01. The molecule has 2 rings (SSSR count). The molecule has 82 valence electrons. The maximum Gasteiger partial charge on any atom is 0.133 e. The van der Waals surface area contributed by atoms with Gasteiger partial charge in [-0.3, -0.25) is 4.98 Å². The van der Waals surface area contributed by atoms with Crippen LogP contribution in [0, 0.1) is 6.92 Å². The molecule has 0 radical (unpaired) electrons. The molecule has 0 atom stereocenters. The molecule has 0 amide bonds. The lowest BCUT2D eigenvalue weighted by Gasteiger charge is -2.07. The fourth-order valence-corrected chi connectivity index (χ4v) is 1.60. The first kappa shape index (κ1) is 10.5.